The molecule has 6 heteroatoms. The first-order valence-corrected chi connectivity index (χ1v) is 35.2. The van der Waals surface area contributed by atoms with Crippen molar-refractivity contribution in [3.05, 3.63) is 12.2 Å². The Morgan fingerprint density at radius 2 is 0.429 bits per heavy atom. The predicted molar refractivity (Wildman–Crippen MR) is 335 cm³/mol. The molecule has 0 amide bonds. The molecule has 0 saturated carbocycles. The number of esters is 3. The van der Waals surface area contributed by atoms with E-state index < -0.39 is 6.10 Å². The maximum absolute atomic E-state index is 12.9. The average Bonchev–Trinajstić information content (AvgIpc) is 3.43. The van der Waals surface area contributed by atoms with Crippen LogP contribution in [0.1, 0.15) is 406 Å². The molecule has 6 nitrogen and oxygen atoms in total. The van der Waals surface area contributed by atoms with Crippen LogP contribution in [0.25, 0.3) is 0 Å². The highest BCUT2D eigenvalue weighted by Crippen LogP contribution is 2.19. The maximum Gasteiger partial charge on any atom is 0.306 e. The second-order valence-corrected chi connectivity index (χ2v) is 24.2. The van der Waals surface area contributed by atoms with Gasteiger partial charge >= 0.3 is 17.9 Å². The molecule has 0 rings (SSSR count). The van der Waals surface area contributed by atoms with Crippen LogP contribution in [-0.4, -0.2) is 37.2 Å². The minimum absolute atomic E-state index is 0.0674. The van der Waals surface area contributed by atoms with Crippen LogP contribution >= 0.6 is 0 Å². The highest BCUT2D eigenvalue weighted by Gasteiger charge is 2.19. The summed E-state index contributed by atoms with van der Waals surface area (Å²) in [4.78, 5) is 38.2. The van der Waals surface area contributed by atoms with E-state index in [4.69, 9.17) is 14.2 Å². The summed E-state index contributed by atoms with van der Waals surface area (Å²) in [5, 5.41) is 0. The zero-order valence-electron chi connectivity index (χ0n) is 52.5. The van der Waals surface area contributed by atoms with Crippen LogP contribution in [-0.2, 0) is 28.6 Å². The van der Waals surface area contributed by atoms with Crippen LogP contribution in [0.15, 0.2) is 12.2 Å². The standard InChI is InChI=1S/C71H136O6/c1-4-7-10-13-16-19-22-24-26-27-28-29-30-31-32-33-34-35-36-37-38-39-40-41-42-43-44-45-46-48-49-52-55-58-61-64-70(73)76-67-68(66-75-69(72)63-60-57-54-51-21-18-15-12-9-6-3)77-71(74)65-62-59-56-53-50-47-25-23-20-17-14-11-8-5-2/h23,25,68H,4-22,24,26-67H2,1-3H3/b25-23-. The van der Waals surface area contributed by atoms with E-state index in [1.165, 1.54) is 302 Å². The van der Waals surface area contributed by atoms with Crippen molar-refractivity contribution < 1.29 is 28.6 Å². The molecular weight excluding hydrogens is 949 g/mol. The number of carbonyl (C=O) groups excluding carboxylic acids is 3. The van der Waals surface area contributed by atoms with E-state index in [0.717, 1.165) is 64.2 Å². The third-order valence-electron chi connectivity index (χ3n) is 16.3. The number of ether oxygens (including phenoxy) is 3. The molecular formula is C71H136O6. The van der Waals surface area contributed by atoms with Crippen molar-refractivity contribution in [2.75, 3.05) is 13.2 Å². The summed E-state index contributed by atoms with van der Waals surface area (Å²) in [5.41, 5.74) is 0. The molecule has 0 aliphatic carbocycles. The van der Waals surface area contributed by atoms with Crippen LogP contribution in [0.4, 0.5) is 0 Å². The van der Waals surface area contributed by atoms with Gasteiger partial charge in [-0.15, -0.1) is 0 Å². The molecule has 0 aromatic carbocycles. The first kappa shape index (κ1) is 75.2. The smallest absolute Gasteiger partial charge is 0.306 e. The summed E-state index contributed by atoms with van der Waals surface area (Å²) in [6.45, 7) is 6.68. The number of unbranched alkanes of at least 4 members (excludes halogenated alkanes) is 53. The highest BCUT2D eigenvalue weighted by atomic mass is 16.6. The molecule has 0 aromatic rings. The lowest BCUT2D eigenvalue weighted by Gasteiger charge is -2.18. The van der Waals surface area contributed by atoms with E-state index in [1.807, 2.05) is 0 Å². The Morgan fingerprint density at radius 1 is 0.247 bits per heavy atom. The van der Waals surface area contributed by atoms with Gasteiger partial charge < -0.3 is 14.2 Å². The van der Waals surface area contributed by atoms with Crippen LogP contribution < -0.4 is 0 Å². The molecule has 0 aromatic heterocycles. The second kappa shape index (κ2) is 66.7. The Kier molecular flexibility index (Phi) is 65.1. The van der Waals surface area contributed by atoms with Gasteiger partial charge in [0.1, 0.15) is 13.2 Å². The van der Waals surface area contributed by atoms with Gasteiger partial charge in [-0.2, -0.15) is 0 Å². The number of carbonyl (C=O) groups is 3. The Bertz CT molecular complexity index is 1200. The van der Waals surface area contributed by atoms with Crippen molar-refractivity contribution in [1.29, 1.82) is 0 Å². The van der Waals surface area contributed by atoms with Crippen molar-refractivity contribution in [3.8, 4) is 0 Å². The topological polar surface area (TPSA) is 78.9 Å². The summed E-state index contributed by atoms with van der Waals surface area (Å²) in [6.07, 6.45) is 79.9. The quantitative estimate of drug-likeness (QED) is 0.0261. The summed E-state index contributed by atoms with van der Waals surface area (Å²) in [5.74, 6) is -0.851. The Balaban J connectivity index is 3.94. The van der Waals surface area contributed by atoms with Gasteiger partial charge in [-0.25, -0.2) is 0 Å². The van der Waals surface area contributed by atoms with Crippen molar-refractivity contribution in [2.24, 2.45) is 0 Å². The van der Waals surface area contributed by atoms with Gasteiger partial charge in [-0.05, 0) is 44.9 Å². The lowest BCUT2D eigenvalue weighted by Crippen LogP contribution is -2.30. The van der Waals surface area contributed by atoms with Gasteiger partial charge in [0.05, 0.1) is 0 Å². The zero-order valence-corrected chi connectivity index (χ0v) is 52.5. The Labute approximate surface area is 481 Å². The molecule has 0 aliphatic rings. The van der Waals surface area contributed by atoms with Gasteiger partial charge in [0.15, 0.2) is 6.10 Å². The number of hydrogen-bond acceptors (Lipinski definition) is 6. The largest absolute Gasteiger partial charge is 0.462 e. The normalized spacial score (nSPS) is 12.0. The number of hydrogen-bond donors (Lipinski definition) is 0. The van der Waals surface area contributed by atoms with Gasteiger partial charge in [0, 0.05) is 19.3 Å². The van der Waals surface area contributed by atoms with Crippen LogP contribution in [0.3, 0.4) is 0 Å². The Hall–Kier alpha value is -1.85. The van der Waals surface area contributed by atoms with E-state index in [0.29, 0.717) is 19.3 Å². The van der Waals surface area contributed by atoms with Crippen molar-refractivity contribution in [3.63, 3.8) is 0 Å². The summed E-state index contributed by atoms with van der Waals surface area (Å²) in [7, 11) is 0. The molecule has 0 N–H and O–H groups in total. The van der Waals surface area contributed by atoms with Crippen LogP contribution in [0.2, 0.25) is 0 Å². The Morgan fingerprint density at radius 3 is 0.649 bits per heavy atom. The molecule has 0 radical (unpaired) electrons. The van der Waals surface area contributed by atoms with E-state index in [2.05, 4.69) is 32.9 Å². The van der Waals surface area contributed by atoms with Crippen molar-refractivity contribution in [2.45, 2.75) is 412 Å². The third-order valence-corrected chi connectivity index (χ3v) is 16.3. The fraction of sp³-hybridized carbons (Fsp3) is 0.930. The lowest BCUT2D eigenvalue weighted by molar-refractivity contribution is -0.167. The van der Waals surface area contributed by atoms with Crippen molar-refractivity contribution in [1.82, 2.24) is 0 Å². The fourth-order valence-electron chi connectivity index (χ4n) is 11.0. The van der Waals surface area contributed by atoms with E-state index in [9.17, 15) is 14.4 Å². The average molecular weight is 1090 g/mol. The van der Waals surface area contributed by atoms with Gasteiger partial charge in [-0.3, -0.25) is 14.4 Å². The molecule has 0 fully saturated rings. The van der Waals surface area contributed by atoms with E-state index >= 15 is 0 Å². The third kappa shape index (κ3) is 64.9. The summed E-state index contributed by atoms with van der Waals surface area (Å²) >= 11 is 0. The molecule has 456 valence electrons. The molecule has 0 saturated heterocycles. The monoisotopic (exact) mass is 1090 g/mol. The van der Waals surface area contributed by atoms with Gasteiger partial charge in [0.2, 0.25) is 0 Å². The summed E-state index contributed by atoms with van der Waals surface area (Å²) in [6, 6.07) is 0. The first-order chi connectivity index (χ1) is 38.0. The second-order valence-electron chi connectivity index (χ2n) is 24.2. The van der Waals surface area contributed by atoms with Crippen molar-refractivity contribution >= 4 is 17.9 Å². The molecule has 77 heavy (non-hydrogen) atoms. The van der Waals surface area contributed by atoms with Crippen LogP contribution in [0, 0.1) is 0 Å². The molecule has 0 spiro atoms. The SMILES string of the molecule is CCCCCCC/C=C\CCCCCCCC(=O)OC(COC(=O)CCCCCCCCCCCC)COC(=O)CCCCCCCCCCCCCCCCCCCCCCCCCCCCCCCCCCCCC. The highest BCUT2D eigenvalue weighted by molar-refractivity contribution is 5.71. The van der Waals surface area contributed by atoms with E-state index in [1.54, 1.807) is 0 Å². The van der Waals surface area contributed by atoms with Gasteiger partial charge in [-0.1, -0.05) is 354 Å². The van der Waals surface area contributed by atoms with E-state index in [-0.39, 0.29) is 31.1 Å². The first-order valence-electron chi connectivity index (χ1n) is 35.2. The molecule has 0 bridgehead atoms. The number of allylic oxidation sites excluding steroid dienone is 2. The predicted octanol–water partition coefficient (Wildman–Crippen LogP) is 24.0. The molecule has 0 heterocycles. The minimum Gasteiger partial charge on any atom is -0.462 e. The van der Waals surface area contributed by atoms with Crippen LogP contribution in [0.5, 0.6) is 0 Å². The van der Waals surface area contributed by atoms with Gasteiger partial charge in [0.25, 0.3) is 0 Å². The molecule has 0 aliphatic heterocycles. The molecule has 1 atom stereocenters. The zero-order chi connectivity index (χ0) is 55.7. The maximum atomic E-state index is 12.9. The number of rotatable bonds is 66. The molecule has 1 unspecified atom stereocenters. The minimum atomic E-state index is -0.769. The fourth-order valence-corrected chi connectivity index (χ4v) is 11.0. The summed E-state index contributed by atoms with van der Waals surface area (Å²) < 4.78 is 16.9. The lowest BCUT2D eigenvalue weighted by atomic mass is 10.0.